The highest BCUT2D eigenvalue weighted by molar-refractivity contribution is 6.06. The lowest BCUT2D eigenvalue weighted by atomic mass is 10.1. The first-order valence-corrected chi connectivity index (χ1v) is 5.94. The van der Waals surface area contributed by atoms with Crippen LogP contribution in [0, 0.1) is 0 Å². The van der Waals surface area contributed by atoms with Crippen LogP contribution in [0.1, 0.15) is 13.3 Å². The fourth-order valence-corrected chi connectivity index (χ4v) is 2.02. The third kappa shape index (κ3) is 2.32. The zero-order chi connectivity index (χ0) is 14.0. The van der Waals surface area contributed by atoms with Crippen molar-refractivity contribution in [2.45, 2.75) is 19.4 Å². The highest BCUT2D eigenvalue weighted by atomic mass is 16.5. The van der Waals surface area contributed by atoms with E-state index in [1.165, 1.54) is 4.90 Å². The fourth-order valence-electron chi connectivity index (χ4n) is 2.02. The Morgan fingerprint density at radius 3 is 2.89 bits per heavy atom. The molecule has 1 unspecified atom stereocenters. The van der Waals surface area contributed by atoms with Gasteiger partial charge in [-0.2, -0.15) is 0 Å². The van der Waals surface area contributed by atoms with Crippen molar-refractivity contribution >= 4 is 23.2 Å². The van der Waals surface area contributed by atoms with E-state index in [-0.39, 0.29) is 12.5 Å². The van der Waals surface area contributed by atoms with Gasteiger partial charge in [0.25, 0.3) is 11.8 Å². The molecule has 0 spiro atoms. The summed E-state index contributed by atoms with van der Waals surface area (Å²) in [6.07, 6.45) is -0.103. The Morgan fingerprint density at radius 1 is 1.53 bits per heavy atom. The van der Waals surface area contributed by atoms with Crippen molar-refractivity contribution in [2.24, 2.45) is 5.84 Å². The predicted molar refractivity (Wildman–Crippen MR) is 70.2 cm³/mol. The van der Waals surface area contributed by atoms with Gasteiger partial charge in [-0.05, 0) is 18.6 Å². The first kappa shape index (κ1) is 13.2. The quantitative estimate of drug-likeness (QED) is 0.302. The highest BCUT2D eigenvalue weighted by Gasteiger charge is 2.35. The minimum absolute atomic E-state index is 0.184. The number of carbonyl (C=O) groups excluding carboxylic acids is 2. The molecule has 0 aliphatic carbocycles. The van der Waals surface area contributed by atoms with E-state index >= 15 is 0 Å². The molecule has 19 heavy (non-hydrogen) atoms. The van der Waals surface area contributed by atoms with Crippen LogP contribution in [0.15, 0.2) is 18.2 Å². The number of hydrogen-bond donors (Lipinski definition) is 3. The number of hydrazine groups is 1. The SMILES string of the molecule is CCC1Oc2cccc(N)c2N(CC(=O)NN)C1=O. The molecule has 1 aromatic carbocycles. The summed E-state index contributed by atoms with van der Waals surface area (Å²) in [7, 11) is 0. The number of benzene rings is 1. The summed E-state index contributed by atoms with van der Waals surface area (Å²) >= 11 is 0. The predicted octanol–water partition coefficient (Wildman–Crippen LogP) is -0.237. The Kier molecular flexibility index (Phi) is 3.57. The molecule has 1 heterocycles. The fraction of sp³-hybridized carbons (Fsp3) is 0.333. The van der Waals surface area contributed by atoms with Gasteiger partial charge in [-0.3, -0.25) is 19.9 Å². The van der Waals surface area contributed by atoms with Gasteiger partial charge in [0.2, 0.25) is 0 Å². The summed E-state index contributed by atoms with van der Waals surface area (Å²) in [4.78, 5) is 25.0. The standard InChI is InChI=1S/C12H16N4O3/c1-2-8-12(18)16(6-10(17)15-14)11-7(13)4-3-5-9(11)19-8/h3-5,8H,2,6,13-14H2,1H3,(H,15,17). The van der Waals surface area contributed by atoms with E-state index in [0.717, 1.165) is 0 Å². The van der Waals surface area contributed by atoms with Gasteiger partial charge in [-0.15, -0.1) is 0 Å². The molecule has 1 atom stereocenters. The molecule has 0 saturated heterocycles. The number of hydrogen-bond acceptors (Lipinski definition) is 5. The maximum absolute atomic E-state index is 12.2. The van der Waals surface area contributed by atoms with Crippen LogP contribution in [-0.4, -0.2) is 24.5 Å². The molecule has 2 rings (SSSR count). The van der Waals surface area contributed by atoms with Crippen LogP contribution in [0.5, 0.6) is 5.75 Å². The molecular weight excluding hydrogens is 248 g/mol. The molecule has 1 aliphatic rings. The van der Waals surface area contributed by atoms with Gasteiger partial charge in [-0.25, -0.2) is 5.84 Å². The third-order valence-electron chi connectivity index (χ3n) is 2.94. The van der Waals surface area contributed by atoms with Crippen LogP contribution in [0.25, 0.3) is 0 Å². The highest BCUT2D eigenvalue weighted by Crippen LogP contribution is 2.39. The van der Waals surface area contributed by atoms with Gasteiger partial charge >= 0.3 is 0 Å². The Bertz CT molecular complexity index is 518. The molecule has 0 saturated carbocycles. The lowest BCUT2D eigenvalue weighted by Crippen LogP contribution is -2.50. The topological polar surface area (TPSA) is 111 Å². The van der Waals surface area contributed by atoms with Crippen molar-refractivity contribution in [1.82, 2.24) is 5.43 Å². The van der Waals surface area contributed by atoms with Crippen LogP contribution < -0.4 is 26.6 Å². The van der Waals surface area contributed by atoms with E-state index in [2.05, 4.69) is 0 Å². The van der Waals surface area contributed by atoms with Crippen molar-refractivity contribution in [3.8, 4) is 5.75 Å². The zero-order valence-electron chi connectivity index (χ0n) is 10.6. The summed E-state index contributed by atoms with van der Waals surface area (Å²) in [6, 6.07) is 5.10. The number of para-hydroxylation sites is 1. The summed E-state index contributed by atoms with van der Waals surface area (Å²) in [5.41, 5.74) is 8.66. The van der Waals surface area contributed by atoms with Crippen LogP contribution in [0.4, 0.5) is 11.4 Å². The average Bonchev–Trinajstić information content (AvgIpc) is 2.41. The monoisotopic (exact) mass is 264 g/mol. The lowest BCUT2D eigenvalue weighted by Gasteiger charge is -2.34. The first-order chi connectivity index (χ1) is 9.08. The minimum Gasteiger partial charge on any atom is -0.478 e. The normalized spacial score (nSPS) is 17.7. The number of carbonyl (C=O) groups is 2. The first-order valence-electron chi connectivity index (χ1n) is 5.94. The van der Waals surface area contributed by atoms with Gasteiger partial charge < -0.3 is 10.5 Å². The van der Waals surface area contributed by atoms with Gasteiger partial charge in [0, 0.05) is 0 Å². The van der Waals surface area contributed by atoms with Gasteiger partial charge in [0.15, 0.2) is 6.10 Å². The molecule has 102 valence electrons. The summed E-state index contributed by atoms with van der Waals surface area (Å²) < 4.78 is 5.59. The summed E-state index contributed by atoms with van der Waals surface area (Å²) in [6.45, 7) is 1.65. The molecule has 5 N–H and O–H groups in total. The number of fused-ring (bicyclic) bond motifs is 1. The minimum atomic E-state index is -0.611. The van der Waals surface area contributed by atoms with E-state index in [9.17, 15) is 9.59 Å². The number of anilines is 2. The Balaban J connectivity index is 2.44. The molecule has 7 nitrogen and oxygen atoms in total. The molecule has 0 bridgehead atoms. The van der Waals surface area contributed by atoms with Crippen LogP contribution in [-0.2, 0) is 9.59 Å². The molecule has 1 aliphatic heterocycles. The van der Waals surface area contributed by atoms with Crippen molar-refractivity contribution in [3.05, 3.63) is 18.2 Å². The Labute approximate surface area is 110 Å². The number of ether oxygens (including phenoxy) is 1. The zero-order valence-corrected chi connectivity index (χ0v) is 10.6. The second kappa shape index (κ2) is 5.15. The second-order valence-corrected chi connectivity index (χ2v) is 4.20. The molecule has 2 amide bonds. The summed E-state index contributed by atoms with van der Waals surface area (Å²) in [5, 5.41) is 0. The van der Waals surface area contributed by atoms with Crippen molar-refractivity contribution in [2.75, 3.05) is 17.2 Å². The van der Waals surface area contributed by atoms with Gasteiger partial charge in [0.1, 0.15) is 18.0 Å². The van der Waals surface area contributed by atoms with E-state index in [1.807, 2.05) is 12.3 Å². The molecule has 0 aromatic heterocycles. The third-order valence-corrected chi connectivity index (χ3v) is 2.94. The maximum atomic E-state index is 12.2. The number of nitrogen functional groups attached to an aromatic ring is 1. The van der Waals surface area contributed by atoms with Crippen molar-refractivity contribution in [3.63, 3.8) is 0 Å². The molecule has 0 fully saturated rings. The van der Waals surface area contributed by atoms with Crippen molar-refractivity contribution in [1.29, 1.82) is 0 Å². The molecule has 7 heteroatoms. The van der Waals surface area contributed by atoms with Gasteiger partial charge in [-0.1, -0.05) is 13.0 Å². The van der Waals surface area contributed by atoms with E-state index in [1.54, 1.807) is 18.2 Å². The maximum Gasteiger partial charge on any atom is 0.268 e. The molecule has 1 aromatic rings. The average molecular weight is 264 g/mol. The molecule has 0 radical (unpaired) electrons. The lowest BCUT2D eigenvalue weighted by molar-refractivity contribution is -0.129. The van der Waals surface area contributed by atoms with Crippen LogP contribution in [0.2, 0.25) is 0 Å². The number of nitrogens with zero attached hydrogens (tertiary/aromatic N) is 1. The van der Waals surface area contributed by atoms with Crippen LogP contribution in [0.3, 0.4) is 0 Å². The van der Waals surface area contributed by atoms with E-state index in [4.69, 9.17) is 16.3 Å². The summed E-state index contributed by atoms with van der Waals surface area (Å²) in [5.74, 6) is 4.79. The Hall–Kier alpha value is -2.28. The van der Waals surface area contributed by atoms with E-state index in [0.29, 0.717) is 23.5 Å². The van der Waals surface area contributed by atoms with E-state index < -0.39 is 12.0 Å². The number of nitrogens with one attached hydrogen (secondary N) is 1. The smallest absolute Gasteiger partial charge is 0.268 e. The largest absolute Gasteiger partial charge is 0.478 e. The number of rotatable bonds is 3. The second-order valence-electron chi connectivity index (χ2n) is 4.20. The van der Waals surface area contributed by atoms with Crippen molar-refractivity contribution < 1.29 is 14.3 Å². The van der Waals surface area contributed by atoms with Gasteiger partial charge in [0.05, 0.1) is 5.69 Å². The van der Waals surface area contributed by atoms with Crippen LogP contribution >= 0.6 is 0 Å². The molecular formula is C12H16N4O3. The number of nitrogens with two attached hydrogens (primary N) is 2. The number of amides is 2. The Morgan fingerprint density at radius 2 is 2.26 bits per heavy atom.